The molecular weight excluding hydrogens is 735 g/mol. The van der Waals surface area contributed by atoms with Crippen molar-refractivity contribution < 1.29 is 139 Å². The van der Waals surface area contributed by atoms with E-state index in [0.717, 1.165) is 6.54 Å². The van der Waals surface area contributed by atoms with Gasteiger partial charge in [0.15, 0.2) is 0 Å². The average molecular weight is 746 g/mol. The molecule has 1 heterocycles. The molecule has 1 aromatic rings. The minimum atomic E-state index is -5.19. The topological polar surface area (TPSA) is 218 Å². The second-order valence-corrected chi connectivity index (χ2v) is 5.73. The van der Waals surface area contributed by atoms with E-state index in [1.807, 2.05) is 12.5 Å². The van der Waals surface area contributed by atoms with E-state index in [1.165, 1.54) is 6.42 Å². The Morgan fingerprint density at radius 1 is 0.556 bits per heavy atom. The number of aliphatic carboxylic acids is 5. The van der Waals surface area contributed by atoms with E-state index in [1.54, 1.807) is 6.20 Å². The molecule has 0 aromatic carbocycles. The van der Waals surface area contributed by atoms with E-state index < -0.39 is 60.7 Å². The van der Waals surface area contributed by atoms with Crippen molar-refractivity contribution in [1.29, 1.82) is 0 Å². The zero-order valence-corrected chi connectivity index (χ0v) is 22.0. The smallest absolute Gasteiger partial charge is 0.430 e. The van der Waals surface area contributed by atoms with Gasteiger partial charge in [-0.3, -0.25) is 4.70 Å². The van der Waals surface area contributed by atoms with Crippen LogP contribution in [0.3, 0.4) is 0 Å². The number of carboxylic acids is 5. The van der Waals surface area contributed by atoms with Crippen molar-refractivity contribution in [3.8, 4) is 0 Å². The number of hydrogen-bond donors (Lipinski definition) is 0. The summed E-state index contributed by atoms with van der Waals surface area (Å²) >= 11 is 0. The molecule has 1 radical (unpaired) electrons. The van der Waals surface area contributed by atoms with E-state index in [-0.39, 0.29) is 23.3 Å². The standard InChI is InChI=1S/C6H10N2.5C2HF3O2.FH.V/c1-2-4-8-5-3-7-6-8;5*3-2(4,5)1(6)7;;/h3,5-6H,2,4H2,1H3;5*(H,6,7);1H;/p-5. The molecule has 0 saturated carbocycles. The van der Waals surface area contributed by atoms with Crippen molar-refractivity contribution in [2.24, 2.45) is 0 Å². The van der Waals surface area contributed by atoms with Crippen LogP contribution in [0.2, 0.25) is 0 Å². The summed E-state index contributed by atoms with van der Waals surface area (Å²) in [6.45, 7) is 3.24. The van der Waals surface area contributed by atoms with E-state index in [9.17, 15) is 65.9 Å². The third-order valence-electron chi connectivity index (χ3n) is 2.20. The molecule has 0 N–H and O–H groups in total. The Morgan fingerprint density at radius 3 is 0.822 bits per heavy atom. The van der Waals surface area contributed by atoms with Crippen molar-refractivity contribution >= 4 is 29.8 Å². The minimum absolute atomic E-state index is 0. The van der Waals surface area contributed by atoms with Crippen LogP contribution < -0.4 is 25.5 Å². The van der Waals surface area contributed by atoms with Gasteiger partial charge >= 0.3 is 30.9 Å². The van der Waals surface area contributed by atoms with Gasteiger partial charge in [0.25, 0.3) is 0 Å². The molecule has 0 aliphatic carbocycles. The number of aromatic nitrogens is 2. The Morgan fingerprint density at radius 2 is 0.733 bits per heavy atom. The van der Waals surface area contributed by atoms with Gasteiger partial charge in [0, 0.05) is 37.5 Å². The van der Waals surface area contributed by atoms with Crippen molar-refractivity contribution in [3.05, 3.63) is 18.7 Å². The van der Waals surface area contributed by atoms with Crippen LogP contribution in [0, 0.1) is 0 Å². The van der Waals surface area contributed by atoms with Gasteiger partial charge < -0.3 is 54.1 Å². The molecule has 0 atom stereocenters. The van der Waals surface area contributed by atoms with Crippen LogP contribution >= 0.6 is 0 Å². The largest absolute Gasteiger partial charge is 0.542 e. The number of hydrogen-bond acceptors (Lipinski definition) is 11. The van der Waals surface area contributed by atoms with Gasteiger partial charge in [0.2, 0.25) is 0 Å². The summed E-state index contributed by atoms with van der Waals surface area (Å²) in [5.74, 6) is -15.0. The third-order valence-corrected chi connectivity index (χ3v) is 2.20. The maximum Gasteiger partial charge on any atom is 0.430 e. The maximum atomic E-state index is 10.5. The van der Waals surface area contributed by atoms with Crippen molar-refractivity contribution in [2.45, 2.75) is 50.8 Å². The molecule has 0 aliphatic heterocycles. The van der Waals surface area contributed by atoms with Crippen molar-refractivity contribution in [3.63, 3.8) is 0 Å². The molecule has 0 spiro atoms. The SMILES string of the molecule is CCCn1ccnc1.F.O=C([O-])C(F)(F)F.O=C([O-])C(F)(F)F.O=C([O-])C(F)(F)F.O=C([O-])C(F)(F)F.O=C([O-])C(F)(F)F.[V]. The predicted octanol–water partition coefficient (Wildman–Crippen LogP) is -2.06. The summed E-state index contributed by atoms with van der Waals surface area (Å²) in [5.41, 5.74) is 0. The molecule has 1 rings (SSSR count). The van der Waals surface area contributed by atoms with Gasteiger partial charge in [0.05, 0.1) is 6.33 Å². The molecule has 45 heavy (non-hydrogen) atoms. The van der Waals surface area contributed by atoms with E-state index in [0.29, 0.717) is 0 Å². The van der Waals surface area contributed by atoms with Gasteiger partial charge in [-0.25, -0.2) is 4.98 Å². The molecule has 0 aliphatic rings. The molecule has 29 heteroatoms. The number of rotatable bonds is 2. The monoisotopic (exact) mass is 746 g/mol. The molecule has 0 saturated heterocycles. The second kappa shape index (κ2) is 24.4. The first-order chi connectivity index (χ1) is 18.6. The molecule has 0 amide bonds. The molecule has 267 valence electrons. The van der Waals surface area contributed by atoms with Crippen LogP contribution in [0.4, 0.5) is 70.6 Å². The summed E-state index contributed by atoms with van der Waals surface area (Å²) in [4.78, 5) is 47.8. The maximum absolute atomic E-state index is 10.5. The van der Waals surface area contributed by atoms with Crippen LogP contribution in [-0.2, 0) is 49.1 Å². The number of alkyl halides is 15. The fraction of sp³-hybridized carbons (Fsp3) is 0.500. The first-order valence-electron chi connectivity index (χ1n) is 9.02. The number of carboxylic acid groups (broad SMARTS) is 5. The normalized spacial score (nSPS) is 10.5. The molecule has 1 aromatic heterocycles. The molecule has 12 nitrogen and oxygen atoms in total. The molecule has 0 bridgehead atoms. The van der Waals surface area contributed by atoms with Gasteiger partial charge in [0.1, 0.15) is 29.8 Å². The minimum Gasteiger partial charge on any atom is -0.542 e. The summed E-state index contributed by atoms with van der Waals surface area (Å²) in [6, 6.07) is 0. The van der Waals surface area contributed by atoms with E-state index >= 15 is 0 Å². The van der Waals surface area contributed by atoms with Crippen molar-refractivity contribution in [1.82, 2.24) is 9.55 Å². The first-order valence-corrected chi connectivity index (χ1v) is 9.02. The van der Waals surface area contributed by atoms with Gasteiger partial charge in [-0.15, -0.1) is 0 Å². The zero-order valence-electron chi connectivity index (χ0n) is 20.6. The quantitative estimate of drug-likeness (QED) is 0.300. The number of carbonyl (C=O) groups is 5. The van der Waals surface area contributed by atoms with E-state index in [4.69, 9.17) is 49.5 Å². The summed E-state index contributed by atoms with van der Waals surface area (Å²) in [7, 11) is 0. The average Bonchev–Trinajstić information content (AvgIpc) is 3.26. The van der Waals surface area contributed by atoms with E-state index in [2.05, 4.69) is 16.5 Å². The summed E-state index contributed by atoms with van der Waals surface area (Å²) in [5, 5.41) is 43.9. The summed E-state index contributed by atoms with van der Waals surface area (Å²) in [6.07, 6.45) is -19.2. The van der Waals surface area contributed by atoms with Gasteiger partial charge in [-0.1, -0.05) is 6.92 Å². The first kappa shape index (κ1) is 56.8. The second-order valence-electron chi connectivity index (χ2n) is 5.73. The molecular formula is C16H11F16N2O10V-5. The number of aryl methyl sites for hydroxylation is 1. The van der Waals surface area contributed by atoms with Gasteiger partial charge in [-0.2, -0.15) is 65.9 Å². The van der Waals surface area contributed by atoms with Gasteiger partial charge in [-0.05, 0) is 6.42 Å². The summed E-state index contributed by atoms with van der Waals surface area (Å²) < 4.78 is 160. The van der Waals surface area contributed by atoms with Crippen LogP contribution in [0.15, 0.2) is 18.7 Å². The van der Waals surface area contributed by atoms with Crippen molar-refractivity contribution in [2.75, 3.05) is 0 Å². The zero-order chi connectivity index (χ0) is 36.2. The molecule has 0 unspecified atom stereocenters. The third kappa shape index (κ3) is 44.6. The van der Waals surface area contributed by atoms with Crippen LogP contribution in [0.1, 0.15) is 13.3 Å². The Balaban J connectivity index is -0.0000000764. The van der Waals surface area contributed by atoms with Crippen LogP contribution in [0.25, 0.3) is 0 Å². The number of imidazole rings is 1. The Hall–Kier alpha value is -3.98. The number of carbonyl (C=O) groups excluding carboxylic acids is 5. The fourth-order valence-corrected chi connectivity index (χ4v) is 0.677. The van der Waals surface area contributed by atoms with Crippen LogP contribution in [-0.4, -0.2) is 70.3 Å². The molecule has 0 fully saturated rings. The number of nitrogens with zero attached hydrogens (tertiary/aromatic N) is 2. The Bertz CT molecular complexity index is 834. The Labute approximate surface area is 248 Å². The van der Waals surface area contributed by atoms with Crippen LogP contribution in [0.5, 0.6) is 0 Å². The fourth-order valence-electron chi connectivity index (χ4n) is 0.677. The number of halogens is 16. The Kier molecular flexibility index (Phi) is 30.7. The predicted molar refractivity (Wildman–Crippen MR) is 90.3 cm³/mol.